The average Bonchev–Trinajstić information content (AvgIpc) is 2.82. The largest absolute Gasteiger partial charge is 0.445 e. The summed E-state index contributed by atoms with van der Waals surface area (Å²) in [5, 5.41) is 71.4. The van der Waals surface area contributed by atoms with Crippen LogP contribution in [0.4, 0.5) is 4.79 Å². The second-order valence-corrected chi connectivity index (χ2v) is 7.81. The molecule has 8 N–H and O–H groups in total. The number of ether oxygens (including phenoxy) is 4. The van der Waals surface area contributed by atoms with E-state index in [1.807, 2.05) is 0 Å². The minimum atomic E-state index is -1.79. The third-order valence-electron chi connectivity index (χ3n) is 5.49. The van der Waals surface area contributed by atoms with Gasteiger partial charge in [-0.1, -0.05) is 30.3 Å². The highest BCUT2D eigenvalue weighted by Gasteiger charge is 2.48. The molecule has 0 aromatic heterocycles. The van der Waals surface area contributed by atoms with Gasteiger partial charge in [0.15, 0.2) is 12.6 Å². The molecule has 0 radical (unpaired) electrons. The van der Waals surface area contributed by atoms with Crippen molar-refractivity contribution in [1.82, 2.24) is 5.32 Å². The molecule has 2 aliphatic rings. The van der Waals surface area contributed by atoms with E-state index in [0.717, 1.165) is 0 Å². The molecule has 33 heavy (non-hydrogen) atoms. The molecule has 2 aliphatic heterocycles. The summed E-state index contributed by atoms with van der Waals surface area (Å²) in [4.78, 5) is 12.3. The van der Waals surface area contributed by atoms with E-state index in [-0.39, 0.29) is 6.61 Å². The molecular weight excluding hydrogens is 446 g/mol. The van der Waals surface area contributed by atoms with E-state index in [4.69, 9.17) is 18.9 Å². The molecule has 0 aliphatic carbocycles. The zero-order chi connectivity index (χ0) is 24.1. The third-order valence-corrected chi connectivity index (χ3v) is 5.49. The molecule has 13 nitrogen and oxygen atoms in total. The molecule has 0 spiro atoms. The maximum Gasteiger partial charge on any atom is 0.407 e. The van der Waals surface area contributed by atoms with Gasteiger partial charge in [-0.05, 0) is 5.56 Å². The van der Waals surface area contributed by atoms with Crippen LogP contribution in [0.1, 0.15) is 5.56 Å². The molecule has 0 bridgehead atoms. The van der Waals surface area contributed by atoms with Crippen LogP contribution in [0.25, 0.3) is 0 Å². The van der Waals surface area contributed by atoms with E-state index in [2.05, 4.69) is 5.32 Å². The van der Waals surface area contributed by atoms with E-state index < -0.39 is 80.7 Å². The van der Waals surface area contributed by atoms with E-state index in [1.165, 1.54) is 0 Å². The van der Waals surface area contributed by atoms with Gasteiger partial charge in [0.1, 0.15) is 55.4 Å². The number of hydrogen-bond donors (Lipinski definition) is 8. The fourth-order valence-corrected chi connectivity index (χ4v) is 3.54. The maximum atomic E-state index is 12.3. The normalized spacial score (nSPS) is 39.1. The van der Waals surface area contributed by atoms with Gasteiger partial charge in [-0.25, -0.2) is 4.79 Å². The average molecular weight is 475 g/mol. The van der Waals surface area contributed by atoms with Crippen molar-refractivity contribution in [3.63, 3.8) is 0 Å². The van der Waals surface area contributed by atoms with E-state index in [9.17, 15) is 40.5 Å². The predicted octanol–water partition coefficient (Wildman–Crippen LogP) is -3.46. The monoisotopic (exact) mass is 475 g/mol. The molecule has 10 atom stereocenters. The van der Waals surface area contributed by atoms with Crippen LogP contribution in [-0.2, 0) is 25.6 Å². The van der Waals surface area contributed by atoms with Crippen molar-refractivity contribution in [2.75, 3.05) is 13.2 Å². The molecule has 2 heterocycles. The van der Waals surface area contributed by atoms with Crippen LogP contribution in [0.3, 0.4) is 0 Å². The SMILES string of the molecule is O=C(N[C@H]1[C@H](OC[C@H]2O[C@H](O)[C@H](O)[C@@H](O)[C@@H]2O)O[C@H](CO)[C@@H](O)[C@@H]1O)OCc1ccccc1. The molecule has 0 saturated carbocycles. The van der Waals surface area contributed by atoms with Gasteiger partial charge in [-0.15, -0.1) is 0 Å². The highest BCUT2D eigenvalue weighted by Crippen LogP contribution is 2.25. The van der Waals surface area contributed by atoms with Crippen molar-refractivity contribution >= 4 is 6.09 Å². The van der Waals surface area contributed by atoms with Gasteiger partial charge in [-0.3, -0.25) is 0 Å². The first-order chi connectivity index (χ1) is 15.7. The Kier molecular flexibility index (Phi) is 8.95. The zero-order valence-corrected chi connectivity index (χ0v) is 17.5. The number of hydrogen-bond acceptors (Lipinski definition) is 12. The van der Waals surface area contributed by atoms with Crippen LogP contribution in [0.5, 0.6) is 0 Å². The number of aliphatic hydroxyl groups is 7. The summed E-state index contributed by atoms with van der Waals surface area (Å²) in [6, 6.07) is 7.45. The minimum absolute atomic E-state index is 0.0656. The Balaban J connectivity index is 1.63. The lowest BCUT2D eigenvalue weighted by molar-refractivity contribution is -0.311. The standard InChI is InChI=1S/C20H29NO12/c22-6-10-13(23)15(25)12(21-20(29)31-7-9-4-2-1-3-5-9)19(33-10)30-8-11-14(24)16(26)17(27)18(28)32-11/h1-5,10-19,22-28H,6-8H2,(H,21,29)/t10-,11-,12-,13-,14-,15-,16+,17-,18+,19-/m1/s1. The van der Waals surface area contributed by atoms with Crippen LogP contribution in [-0.4, -0.2) is 116 Å². The lowest BCUT2D eigenvalue weighted by Gasteiger charge is -2.43. The Labute approximate surface area is 188 Å². The van der Waals surface area contributed by atoms with Crippen molar-refractivity contribution in [3.05, 3.63) is 35.9 Å². The molecular formula is C20H29NO12. The summed E-state index contributed by atoms with van der Waals surface area (Å²) in [6.45, 7) is -1.25. The molecule has 2 fully saturated rings. The summed E-state index contributed by atoms with van der Waals surface area (Å²) in [5.74, 6) is 0. The summed E-state index contributed by atoms with van der Waals surface area (Å²) < 4.78 is 21.0. The topological polar surface area (TPSA) is 208 Å². The molecule has 1 aromatic carbocycles. The fourth-order valence-electron chi connectivity index (χ4n) is 3.54. The Morgan fingerprint density at radius 1 is 0.879 bits per heavy atom. The number of carbonyl (C=O) groups is 1. The minimum Gasteiger partial charge on any atom is -0.445 e. The number of aliphatic hydroxyl groups excluding tert-OH is 7. The van der Waals surface area contributed by atoms with E-state index in [0.29, 0.717) is 5.56 Å². The summed E-state index contributed by atoms with van der Waals surface area (Å²) in [7, 11) is 0. The first-order valence-electron chi connectivity index (χ1n) is 10.3. The van der Waals surface area contributed by atoms with Gasteiger partial charge >= 0.3 is 6.09 Å². The van der Waals surface area contributed by atoms with Crippen molar-refractivity contribution in [2.24, 2.45) is 0 Å². The third kappa shape index (κ3) is 6.16. The Bertz CT molecular complexity index is 754. The second kappa shape index (κ2) is 11.5. The smallest absolute Gasteiger partial charge is 0.407 e. The maximum absolute atomic E-state index is 12.3. The molecule has 0 unspecified atom stereocenters. The first-order valence-corrected chi connectivity index (χ1v) is 10.3. The Hall–Kier alpha value is -1.91. The van der Waals surface area contributed by atoms with Crippen LogP contribution >= 0.6 is 0 Å². The number of amides is 1. The van der Waals surface area contributed by atoms with Crippen molar-refractivity contribution in [2.45, 2.75) is 68.0 Å². The van der Waals surface area contributed by atoms with Crippen LogP contribution < -0.4 is 5.32 Å². The Morgan fingerprint density at radius 2 is 1.55 bits per heavy atom. The highest BCUT2D eigenvalue weighted by atomic mass is 16.7. The predicted molar refractivity (Wildman–Crippen MR) is 106 cm³/mol. The van der Waals surface area contributed by atoms with Crippen LogP contribution in [0.2, 0.25) is 0 Å². The fraction of sp³-hybridized carbons (Fsp3) is 0.650. The quantitative estimate of drug-likeness (QED) is 0.194. The number of rotatable bonds is 7. The summed E-state index contributed by atoms with van der Waals surface area (Å²) >= 11 is 0. The number of nitrogens with one attached hydrogen (secondary N) is 1. The van der Waals surface area contributed by atoms with Gasteiger partial charge in [0.2, 0.25) is 0 Å². The number of carbonyl (C=O) groups excluding carboxylic acids is 1. The molecule has 2 saturated heterocycles. The van der Waals surface area contributed by atoms with Gasteiger partial charge in [0, 0.05) is 0 Å². The van der Waals surface area contributed by atoms with Crippen LogP contribution in [0, 0.1) is 0 Å². The molecule has 13 heteroatoms. The van der Waals surface area contributed by atoms with Crippen molar-refractivity contribution < 1.29 is 59.5 Å². The summed E-state index contributed by atoms with van der Waals surface area (Å²) in [6.07, 6.45) is -15.0. The van der Waals surface area contributed by atoms with Crippen molar-refractivity contribution in [3.8, 4) is 0 Å². The van der Waals surface area contributed by atoms with Crippen LogP contribution in [0.15, 0.2) is 30.3 Å². The number of benzene rings is 1. The van der Waals surface area contributed by atoms with Gasteiger partial charge in [0.25, 0.3) is 0 Å². The second-order valence-electron chi connectivity index (χ2n) is 7.81. The lowest BCUT2D eigenvalue weighted by atomic mass is 9.97. The highest BCUT2D eigenvalue weighted by molar-refractivity contribution is 5.67. The first kappa shape index (κ1) is 25.7. The lowest BCUT2D eigenvalue weighted by Crippen LogP contribution is -2.65. The van der Waals surface area contributed by atoms with E-state index in [1.54, 1.807) is 30.3 Å². The van der Waals surface area contributed by atoms with Gasteiger partial charge < -0.3 is 60.0 Å². The number of alkyl carbamates (subject to hydrolysis) is 1. The van der Waals surface area contributed by atoms with Crippen molar-refractivity contribution in [1.29, 1.82) is 0 Å². The Morgan fingerprint density at radius 3 is 2.21 bits per heavy atom. The molecule has 3 rings (SSSR count). The molecule has 1 amide bonds. The molecule has 186 valence electrons. The zero-order valence-electron chi connectivity index (χ0n) is 17.5. The summed E-state index contributed by atoms with van der Waals surface area (Å²) in [5.41, 5.74) is 0.712. The van der Waals surface area contributed by atoms with Gasteiger partial charge in [-0.2, -0.15) is 0 Å². The van der Waals surface area contributed by atoms with Gasteiger partial charge in [0.05, 0.1) is 13.2 Å². The molecule has 1 aromatic rings. The van der Waals surface area contributed by atoms with E-state index >= 15 is 0 Å².